The molecule has 2 aromatic rings. The van der Waals surface area contributed by atoms with Crippen molar-refractivity contribution in [3.8, 4) is 12.3 Å². The molecule has 0 atom stereocenters. The Kier molecular flexibility index (Phi) is 10.2. The topological polar surface area (TPSA) is 42.0 Å². The van der Waals surface area contributed by atoms with Gasteiger partial charge in [-0.1, -0.05) is 39.0 Å². The van der Waals surface area contributed by atoms with E-state index in [9.17, 15) is 4.79 Å². The van der Waals surface area contributed by atoms with Gasteiger partial charge >= 0.3 is 0 Å². The minimum absolute atomic E-state index is 0.0413. The highest BCUT2D eigenvalue weighted by Crippen LogP contribution is 2.16. The number of anilines is 1. The first-order chi connectivity index (χ1) is 10.2. The highest BCUT2D eigenvalue weighted by atomic mass is 16.1. The number of terminal acetylenes is 1. The Morgan fingerprint density at radius 2 is 1.95 bits per heavy atom. The van der Waals surface area contributed by atoms with Gasteiger partial charge in [-0.05, 0) is 25.5 Å². The summed E-state index contributed by atoms with van der Waals surface area (Å²) >= 11 is 0. The van der Waals surface area contributed by atoms with Gasteiger partial charge in [0.25, 0.3) is 0 Å². The van der Waals surface area contributed by atoms with Crippen LogP contribution in [0.15, 0.2) is 36.5 Å². The van der Waals surface area contributed by atoms with Crippen LogP contribution >= 0.6 is 0 Å². The normalized spacial score (nSPS) is 8.52. The summed E-state index contributed by atoms with van der Waals surface area (Å²) in [6.07, 6.45) is 7.69. The molecule has 0 bridgehead atoms. The van der Waals surface area contributed by atoms with Crippen LogP contribution in [-0.4, -0.2) is 10.9 Å². The first-order valence-corrected chi connectivity index (χ1v) is 7.23. The lowest BCUT2D eigenvalue weighted by Crippen LogP contribution is -2.10. The third-order valence-corrected chi connectivity index (χ3v) is 2.35. The number of amides is 1. The first kappa shape index (κ1) is 18.7. The Morgan fingerprint density at radius 3 is 2.57 bits per heavy atom. The van der Waals surface area contributed by atoms with Crippen molar-refractivity contribution < 1.29 is 4.79 Å². The molecule has 0 spiro atoms. The van der Waals surface area contributed by atoms with Crippen LogP contribution in [0.25, 0.3) is 10.9 Å². The number of pyridine rings is 1. The van der Waals surface area contributed by atoms with E-state index in [1.54, 1.807) is 13.1 Å². The first-order valence-electron chi connectivity index (χ1n) is 7.23. The molecule has 0 unspecified atom stereocenters. The molecule has 0 aliphatic heterocycles. The van der Waals surface area contributed by atoms with E-state index in [0.717, 1.165) is 23.0 Å². The fraction of sp³-hybridized carbons (Fsp3) is 0.333. The number of fused-ring (bicyclic) bond motifs is 1. The number of carbonyl (C=O) groups is 1. The van der Waals surface area contributed by atoms with E-state index >= 15 is 0 Å². The number of para-hydroxylation sites is 1. The molecule has 2 rings (SSSR count). The Bertz CT molecular complexity index is 585. The van der Waals surface area contributed by atoms with Crippen LogP contribution in [0.3, 0.4) is 0 Å². The van der Waals surface area contributed by atoms with E-state index in [2.05, 4.69) is 22.6 Å². The third kappa shape index (κ3) is 7.12. The lowest BCUT2D eigenvalue weighted by Gasteiger charge is -2.04. The number of hydrogen-bond donors (Lipinski definition) is 1. The van der Waals surface area contributed by atoms with Gasteiger partial charge in [-0.3, -0.25) is 9.78 Å². The van der Waals surface area contributed by atoms with Crippen LogP contribution in [0.5, 0.6) is 0 Å². The zero-order valence-electron chi connectivity index (χ0n) is 13.3. The van der Waals surface area contributed by atoms with Gasteiger partial charge in [0.05, 0.1) is 17.4 Å². The van der Waals surface area contributed by atoms with Gasteiger partial charge < -0.3 is 5.32 Å². The van der Waals surface area contributed by atoms with Crippen LogP contribution in [0.2, 0.25) is 0 Å². The number of benzene rings is 1. The maximum Gasteiger partial charge on any atom is 0.224 e. The molecule has 0 saturated heterocycles. The van der Waals surface area contributed by atoms with E-state index in [1.165, 1.54) is 0 Å². The molecule has 0 aliphatic carbocycles. The zero-order valence-corrected chi connectivity index (χ0v) is 13.3. The van der Waals surface area contributed by atoms with Crippen LogP contribution < -0.4 is 5.32 Å². The molecule has 3 nitrogen and oxygen atoms in total. The van der Waals surface area contributed by atoms with Crippen molar-refractivity contribution in [2.24, 2.45) is 0 Å². The van der Waals surface area contributed by atoms with Gasteiger partial charge in [-0.15, -0.1) is 12.3 Å². The number of rotatable bonds is 3. The summed E-state index contributed by atoms with van der Waals surface area (Å²) < 4.78 is 0. The number of aromatic nitrogens is 1. The van der Waals surface area contributed by atoms with Crippen LogP contribution in [-0.2, 0) is 4.79 Å². The minimum atomic E-state index is 0.0413. The number of carbonyl (C=O) groups excluding carboxylic acids is 1. The second-order valence-electron chi connectivity index (χ2n) is 4.00. The molecule has 3 heteroatoms. The molecular formula is C18H24N2O. The van der Waals surface area contributed by atoms with Crippen molar-refractivity contribution in [2.75, 3.05) is 5.32 Å². The van der Waals surface area contributed by atoms with Gasteiger partial charge in [0.1, 0.15) is 0 Å². The second kappa shape index (κ2) is 11.5. The highest BCUT2D eigenvalue weighted by Gasteiger charge is 2.01. The molecule has 0 radical (unpaired) electrons. The predicted molar refractivity (Wildman–Crippen MR) is 91.1 cm³/mol. The van der Waals surface area contributed by atoms with Crippen molar-refractivity contribution >= 4 is 22.5 Å². The number of nitrogens with one attached hydrogen (secondary N) is 1. The molecule has 0 saturated carbocycles. The fourth-order valence-electron chi connectivity index (χ4n) is 1.59. The van der Waals surface area contributed by atoms with Gasteiger partial charge in [0.2, 0.25) is 5.91 Å². The lowest BCUT2D eigenvalue weighted by molar-refractivity contribution is -0.116. The van der Waals surface area contributed by atoms with Gasteiger partial charge in [-0.2, -0.15) is 0 Å². The maximum absolute atomic E-state index is 11.4. The van der Waals surface area contributed by atoms with Crippen molar-refractivity contribution in [3.05, 3.63) is 36.5 Å². The summed E-state index contributed by atoms with van der Waals surface area (Å²) in [4.78, 5) is 15.7. The smallest absolute Gasteiger partial charge is 0.224 e. The molecule has 1 aromatic carbocycles. The monoisotopic (exact) mass is 284 g/mol. The molecule has 1 aromatic heterocycles. The van der Waals surface area contributed by atoms with Gasteiger partial charge in [0, 0.05) is 11.8 Å². The van der Waals surface area contributed by atoms with E-state index in [1.807, 2.05) is 51.1 Å². The molecule has 21 heavy (non-hydrogen) atoms. The molecule has 1 amide bonds. The van der Waals surface area contributed by atoms with Crippen molar-refractivity contribution in [1.29, 1.82) is 0 Å². The average Bonchev–Trinajstić information content (AvgIpc) is 2.50. The highest BCUT2D eigenvalue weighted by molar-refractivity contribution is 5.92. The summed E-state index contributed by atoms with van der Waals surface area (Å²) in [5, 5.41) is 3.87. The van der Waals surface area contributed by atoms with E-state index in [0.29, 0.717) is 6.42 Å². The molecule has 0 fully saturated rings. The second-order valence-corrected chi connectivity index (χ2v) is 4.00. The quantitative estimate of drug-likeness (QED) is 0.834. The van der Waals surface area contributed by atoms with Gasteiger partial charge in [-0.25, -0.2) is 0 Å². The minimum Gasteiger partial charge on any atom is -0.325 e. The predicted octanol–water partition coefficient (Wildman–Crippen LogP) is 4.64. The summed E-state index contributed by atoms with van der Waals surface area (Å²) in [6, 6.07) is 9.78. The standard InChI is InChI=1S/C13H14N2O.C3H4.C2H6/c1-2-5-13(16)15-11-8-10-6-3-4-7-12(10)14-9-11;1-3-2;1-2/h3-4,6-9H,2,5H2,1H3,(H,15,16);1H,2H3;1-2H3. The summed E-state index contributed by atoms with van der Waals surface area (Å²) in [5.74, 6) is 2.29. The van der Waals surface area contributed by atoms with Crippen LogP contribution in [0.4, 0.5) is 5.69 Å². The maximum atomic E-state index is 11.4. The van der Waals surface area contributed by atoms with Crippen LogP contribution in [0, 0.1) is 12.3 Å². The van der Waals surface area contributed by atoms with Crippen molar-refractivity contribution in [1.82, 2.24) is 4.98 Å². The third-order valence-electron chi connectivity index (χ3n) is 2.35. The molecule has 1 N–H and O–H groups in total. The largest absolute Gasteiger partial charge is 0.325 e. The molecule has 0 aliphatic rings. The SMILES string of the molecule is C#CC.CC.CCCC(=O)Nc1cnc2ccccc2c1. The Morgan fingerprint density at radius 1 is 1.33 bits per heavy atom. The van der Waals surface area contributed by atoms with Crippen molar-refractivity contribution in [2.45, 2.75) is 40.5 Å². The molecule has 112 valence electrons. The number of nitrogens with zero attached hydrogens (tertiary/aromatic N) is 1. The summed E-state index contributed by atoms with van der Waals surface area (Å²) in [6.45, 7) is 7.64. The zero-order chi connectivity index (χ0) is 16.1. The fourth-order valence-corrected chi connectivity index (χ4v) is 1.59. The Balaban J connectivity index is 0.000000713. The number of hydrogen-bond acceptors (Lipinski definition) is 2. The van der Waals surface area contributed by atoms with E-state index in [-0.39, 0.29) is 5.91 Å². The molecular weight excluding hydrogens is 260 g/mol. The lowest BCUT2D eigenvalue weighted by atomic mass is 10.2. The van der Waals surface area contributed by atoms with Gasteiger partial charge in [0.15, 0.2) is 0 Å². The Labute approximate surface area is 127 Å². The van der Waals surface area contributed by atoms with E-state index < -0.39 is 0 Å². The average molecular weight is 284 g/mol. The van der Waals surface area contributed by atoms with E-state index in [4.69, 9.17) is 0 Å². The Hall–Kier alpha value is -2.34. The van der Waals surface area contributed by atoms with Crippen molar-refractivity contribution in [3.63, 3.8) is 0 Å². The molecule has 1 heterocycles. The summed E-state index contributed by atoms with van der Waals surface area (Å²) in [7, 11) is 0. The summed E-state index contributed by atoms with van der Waals surface area (Å²) in [5.41, 5.74) is 1.70. The van der Waals surface area contributed by atoms with Crippen LogP contribution in [0.1, 0.15) is 40.5 Å².